The van der Waals surface area contributed by atoms with Gasteiger partial charge in [-0.25, -0.2) is 0 Å². The molecule has 1 saturated heterocycles. The van der Waals surface area contributed by atoms with Crippen LogP contribution < -0.4 is 4.90 Å². The summed E-state index contributed by atoms with van der Waals surface area (Å²) in [5.74, 6) is 0.970. The highest BCUT2D eigenvalue weighted by molar-refractivity contribution is 5.57. The molecule has 0 N–H and O–H groups in total. The van der Waals surface area contributed by atoms with Crippen molar-refractivity contribution in [1.29, 1.82) is 5.26 Å². The number of hydrogen-bond acceptors (Lipinski definition) is 4. The van der Waals surface area contributed by atoms with Crippen molar-refractivity contribution in [3.05, 3.63) is 11.3 Å². The zero-order valence-electron chi connectivity index (χ0n) is 11.6. The van der Waals surface area contributed by atoms with Gasteiger partial charge in [0, 0.05) is 26.2 Å². The van der Waals surface area contributed by atoms with E-state index >= 15 is 0 Å². The van der Waals surface area contributed by atoms with Crippen LogP contribution >= 0.6 is 0 Å². The first kappa shape index (κ1) is 12.9. The summed E-state index contributed by atoms with van der Waals surface area (Å²) < 4.78 is 1.84. The molecular weight excluding hydrogens is 226 g/mol. The van der Waals surface area contributed by atoms with Gasteiger partial charge in [0.25, 0.3) is 0 Å². The predicted molar refractivity (Wildman–Crippen MR) is 71.6 cm³/mol. The molecule has 1 aromatic heterocycles. The molecule has 98 valence electrons. The summed E-state index contributed by atoms with van der Waals surface area (Å²) in [5.41, 5.74) is 1.54. The zero-order chi connectivity index (χ0) is 13.3. The van der Waals surface area contributed by atoms with Crippen LogP contribution in [0, 0.1) is 18.3 Å². The molecule has 1 unspecified atom stereocenters. The van der Waals surface area contributed by atoms with Crippen LogP contribution in [-0.2, 0) is 7.05 Å². The Balaban J connectivity index is 2.38. The number of aryl methyl sites for hydroxylation is 2. The standard InChI is InChI=1S/C13H21N5/c1-10-9-16(3)6-5-7-18(10)13-12(8-14)11(2)15-17(13)4/h10H,5-7,9H2,1-4H3. The van der Waals surface area contributed by atoms with E-state index < -0.39 is 0 Å². The Bertz CT molecular complexity index is 470. The molecule has 0 radical (unpaired) electrons. The first-order chi connectivity index (χ1) is 8.54. The molecule has 2 heterocycles. The number of nitrogens with zero attached hydrogens (tertiary/aromatic N) is 5. The van der Waals surface area contributed by atoms with Gasteiger partial charge in [-0.3, -0.25) is 4.68 Å². The number of aromatic nitrogens is 2. The number of rotatable bonds is 1. The van der Waals surface area contributed by atoms with Crippen molar-refractivity contribution in [3.63, 3.8) is 0 Å². The molecule has 1 fully saturated rings. The minimum absolute atomic E-state index is 0.402. The fourth-order valence-corrected chi connectivity index (χ4v) is 2.79. The molecule has 0 bridgehead atoms. The average Bonchev–Trinajstić information content (AvgIpc) is 2.47. The third-order valence-corrected chi connectivity index (χ3v) is 3.62. The van der Waals surface area contributed by atoms with Crippen molar-refractivity contribution in [2.75, 3.05) is 31.6 Å². The van der Waals surface area contributed by atoms with E-state index in [9.17, 15) is 5.26 Å². The summed E-state index contributed by atoms with van der Waals surface area (Å²) in [7, 11) is 4.07. The molecule has 0 saturated carbocycles. The van der Waals surface area contributed by atoms with E-state index in [2.05, 4.69) is 34.9 Å². The summed E-state index contributed by atoms with van der Waals surface area (Å²) in [5, 5.41) is 13.7. The van der Waals surface area contributed by atoms with Crippen molar-refractivity contribution in [2.24, 2.45) is 7.05 Å². The molecule has 1 aliphatic heterocycles. The van der Waals surface area contributed by atoms with Gasteiger partial charge >= 0.3 is 0 Å². The van der Waals surface area contributed by atoms with Crippen LogP contribution in [-0.4, -0.2) is 47.4 Å². The third-order valence-electron chi connectivity index (χ3n) is 3.62. The van der Waals surface area contributed by atoms with Crippen LogP contribution in [0.3, 0.4) is 0 Å². The van der Waals surface area contributed by atoms with Crippen LogP contribution in [0.15, 0.2) is 0 Å². The van der Waals surface area contributed by atoms with E-state index in [1.54, 1.807) is 0 Å². The second-order valence-electron chi connectivity index (χ2n) is 5.18. The SMILES string of the molecule is Cc1nn(C)c(N2CCCN(C)CC2C)c1C#N. The van der Waals surface area contributed by atoms with Crippen LogP contribution in [0.4, 0.5) is 5.82 Å². The van der Waals surface area contributed by atoms with Gasteiger partial charge in [0.05, 0.1) is 5.69 Å². The minimum Gasteiger partial charge on any atom is -0.352 e. The van der Waals surface area contributed by atoms with E-state index in [0.717, 1.165) is 37.6 Å². The number of hydrogen-bond donors (Lipinski definition) is 0. The van der Waals surface area contributed by atoms with Crippen LogP contribution in [0.1, 0.15) is 24.6 Å². The smallest absolute Gasteiger partial charge is 0.145 e. The largest absolute Gasteiger partial charge is 0.352 e. The summed E-state index contributed by atoms with van der Waals surface area (Å²) in [6.45, 7) is 7.23. The van der Waals surface area contributed by atoms with Gasteiger partial charge in [0.15, 0.2) is 0 Å². The fourth-order valence-electron chi connectivity index (χ4n) is 2.79. The molecule has 1 aliphatic rings. The van der Waals surface area contributed by atoms with Gasteiger partial charge < -0.3 is 9.80 Å². The van der Waals surface area contributed by atoms with Crippen LogP contribution in [0.2, 0.25) is 0 Å². The van der Waals surface area contributed by atoms with Crippen molar-refractivity contribution in [3.8, 4) is 6.07 Å². The summed E-state index contributed by atoms with van der Waals surface area (Å²) >= 11 is 0. The van der Waals surface area contributed by atoms with Gasteiger partial charge in [-0.05, 0) is 33.9 Å². The van der Waals surface area contributed by atoms with Crippen molar-refractivity contribution in [2.45, 2.75) is 26.3 Å². The average molecular weight is 247 g/mol. The second kappa shape index (κ2) is 4.99. The zero-order valence-corrected chi connectivity index (χ0v) is 11.6. The van der Waals surface area contributed by atoms with E-state index in [-0.39, 0.29) is 0 Å². The molecule has 0 amide bonds. The lowest BCUT2D eigenvalue weighted by Gasteiger charge is -2.30. The summed E-state index contributed by atoms with van der Waals surface area (Å²) in [6, 6.07) is 2.70. The highest BCUT2D eigenvalue weighted by Gasteiger charge is 2.25. The molecule has 5 heteroatoms. The number of nitriles is 1. The Morgan fingerprint density at radius 2 is 2.06 bits per heavy atom. The second-order valence-corrected chi connectivity index (χ2v) is 5.18. The highest BCUT2D eigenvalue weighted by atomic mass is 15.4. The maximum absolute atomic E-state index is 9.31. The minimum atomic E-state index is 0.402. The number of likely N-dealkylation sites (N-methyl/N-ethyl adjacent to an activating group) is 1. The topological polar surface area (TPSA) is 48.1 Å². The fraction of sp³-hybridized carbons (Fsp3) is 0.692. The molecule has 1 aromatic rings. The monoisotopic (exact) mass is 247 g/mol. The maximum Gasteiger partial charge on any atom is 0.145 e. The quantitative estimate of drug-likeness (QED) is 0.746. The Hall–Kier alpha value is -1.54. The lowest BCUT2D eigenvalue weighted by atomic mass is 10.2. The lowest BCUT2D eigenvalue weighted by molar-refractivity contribution is 0.336. The molecule has 5 nitrogen and oxygen atoms in total. The van der Waals surface area contributed by atoms with Gasteiger partial charge in [-0.15, -0.1) is 0 Å². The Morgan fingerprint density at radius 3 is 2.72 bits per heavy atom. The van der Waals surface area contributed by atoms with E-state index in [0.29, 0.717) is 11.6 Å². The summed E-state index contributed by atoms with van der Waals surface area (Å²) in [6.07, 6.45) is 1.12. The normalized spacial score (nSPS) is 21.7. The molecule has 2 rings (SSSR count). The summed E-state index contributed by atoms with van der Waals surface area (Å²) in [4.78, 5) is 4.67. The third kappa shape index (κ3) is 2.21. The molecule has 0 aromatic carbocycles. The van der Waals surface area contributed by atoms with E-state index in [1.807, 2.05) is 18.7 Å². The molecule has 0 spiro atoms. The Labute approximate surface area is 109 Å². The van der Waals surface area contributed by atoms with Gasteiger partial charge in [0.2, 0.25) is 0 Å². The van der Waals surface area contributed by atoms with E-state index in [1.165, 1.54) is 0 Å². The molecule has 0 aliphatic carbocycles. The van der Waals surface area contributed by atoms with Crippen molar-refractivity contribution >= 4 is 5.82 Å². The maximum atomic E-state index is 9.31. The number of anilines is 1. The van der Waals surface area contributed by atoms with Crippen molar-refractivity contribution in [1.82, 2.24) is 14.7 Å². The molecular formula is C13H21N5. The van der Waals surface area contributed by atoms with Gasteiger partial charge in [-0.1, -0.05) is 0 Å². The Kier molecular flexibility index (Phi) is 3.58. The van der Waals surface area contributed by atoms with E-state index in [4.69, 9.17) is 0 Å². The first-order valence-corrected chi connectivity index (χ1v) is 6.43. The molecule has 18 heavy (non-hydrogen) atoms. The lowest BCUT2D eigenvalue weighted by Crippen LogP contribution is -2.39. The predicted octanol–water partition coefficient (Wildman–Crippen LogP) is 1.13. The van der Waals surface area contributed by atoms with Crippen molar-refractivity contribution < 1.29 is 0 Å². The van der Waals surface area contributed by atoms with Crippen LogP contribution in [0.5, 0.6) is 0 Å². The first-order valence-electron chi connectivity index (χ1n) is 6.43. The molecule has 1 atom stereocenters. The highest BCUT2D eigenvalue weighted by Crippen LogP contribution is 2.25. The van der Waals surface area contributed by atoms with Gasteiger partial charge in [0.1, 0.15) is 17.5 Å². The Morgan fingerprint density at radius 1 is 1.33 bits per heavy atom. The van der Waals surface area contributed by atoms with Crippen LogP contribution in [0.25, 0.3) is 0 Å². The van der Waals surface area contributed by atoms with Gasteiger partial charge in [-0.2, -0.15) is 10.4 Å².